The Balaban J connectivity index is 1.55. The number of likely N-dealkylation sites (tertiary alicyclic amines) is 1. The number of anilines is 1. The fraction of sp³-hybridized carbons (Fsp3) is 0.333. The number of nitrogens with zero attached hydrogens (tertiary/aromatic N) is 7. The van der Waals surface area contributed by atoms with Crippen molar-refractivity contribution in [2.75, 3.05) is 26.0 Å². The number of rotatable bonds is 4. The minimum absolute atomic E-state index is 0.130. The number of methoxy groups -OCH3 is 1. The summed E-state index contributed by atoms with van der Waals surface area (Å²) in [6.07, 6.45) is 9.39. The van der Waals surface area contributed by atoms with Crippen LogP contribution in [0, 0.1) is 0 Å². The first kappa shape index (κ1) is 16.9. The van der Waals surface area contributed by atoms with Gasteiger partial charge < -0.3 is 15.2 Å². The predicted octanol–water partition coefficient (Wildman–Crippen LogP) is 0.882. The molecule has 0 bridgehead atoms. The molecule has 0 spiro atoms. The van der Waals surface area contributed by atoms with E-state index >= 15 is 0 Å². The SMILES string of the molecule is COc1nc(N[C@@H]2CCN(C)C2O)nn2ccc(-c3cnc4nccn4c3)c12. The first-order valence-corrected chi connectivity index (χ1v) is 9.01. The van der Waals surface area contributed by atoms with E-state index in [0.29, 0.717) is 17.6 Å². The molecule has 0 amide bonds. The quantitative estimate of drug-likeness (QED) is 0.538. The third-order valence-corrected chi connectivity index (χ3v) is 5.15. The fourth-order valence-corrected chi connectivity index (χ4v) is 3.63. The molecule has 4 aromatic rings. The Morgan fingerprint density at radius 2 is 2.18 bits per heavy atom. The lowest BCUT2D eigenvalue weighted by atomic mass is 10.1. The van der Waals surface area contributed by atoms with Gasteiger partial charge in [0.2, 0.25) is 17.6 Å². The first-order valence-electron chi connectivity index (χ1n) is 9.01. The zero-order valence-electron chi connectivity index (χ0n) is 15.5. The summed E-state index contributed by atoms with van der Waals surface area (Å²) < 4.78 is 9.14. The van der Waals surface area contributed by atoms with Crippen molar-refractivity contribution in [1.82, 2.24) is 33.9 Å². The van der Waals surface area contributed by atoms with E-state index in [9.17, 15) is 5.11 Å². The van der Waals surface area contributed by atoms with Gasteiger partial charge in [0.25, 0.3) is 0 Å². The Labute approximate surface area is 160 Å². The molecule has 0 aromatic carbocycles. The molecule has 1 aliphatic heterocycles. The summed E-state index contributed by atoms with van der Waals surface area (Å²) in [5, 5.41) is 18.0. The molecule has 0 radical (unpaired) electrons. The first-order chi connectivity index (χ1) is 13.6. The van der Waals surface area contributed by atoms with Crippen LogP contribution in [0.3, 0.4) is 0 Å². The second-order valence-electron chi connectivity index (χ2n) is 6.88. The van der Waals surface area contributed by atoms with Crippen LogP contribution in [0.2, 0.25) is 0 Å². The topological polar surface area (TPSA) is 105 Å². The van der Waals surface area contributed by atoms with E-state index in [1.807, 2.05) is 41.0 Å². The highest BCUT2D eigenvalue weighted by Gasteiger charge is 2.30. The number of fused-ring (bicyclic) bond motifs is 2. The molecule has 1 fully saturated rings. The van der Waals surface area contributed by atoms with Gasteiger partial charge in [-0.2, -0.15) is 4.98 Å². The van der Waals surface area contributed by atoms with Crippen LogP contribution in [0.25, 0.3) is 22.4 Å². The van der Waals surface area contributed by atoms with Crippen LogP contribution in [-0.2, 0) is 0 Å². The molecular weight excluding hydrogens is 360 g/mol. The molecule has 1 aliphatic rings. The van der Waals surface area contributed by atoms with Crippen molar-refractivity contribution in [2.45, 2.75) is 18.7 Å². The van der Waals surface area contributed by atoms with Gasteiger partial charge in [0.1, 0.15) is 11.7 Å². The van der Waals surface area contributed by atoms with Crippen LogP contribution >= 0.6 is 0 Å². The number of aliphatic hydroxyl groups is 1. The maximum atomic E-state index is 10.2. The maximum absolute atomic E-state index is 10.2. The molecule has 2 atom stereocenters. The van der Waals surface area contributed by atoms with Gasteiger partial charge in [-0.05, 0) is 19.5 Å². The van der Waals surface area contributed by atoms with Crippen molar-refractivity contribution in [3.63, 3.8) is 0 Å². The Morgan fingerprint density at radius 1 is 1.29 bits per heavy atom. The van der Waals surface area contributed by atoms with E-state index in [2.05, 4.69) is 25.4 Å². The van der Waals surface area contributed by atoms with Gasteiger partial charge in [0.15, 0.2) is 0 Å². The highest BCUT2D eigenvalue weighted by atomic mass is 16.5. The molecule has 0 aliphatic carbocycles. The van der Waals surface area contributed by atoms with Crippen LogP contribution < -0.4 is 10.1 Å². The van der Waals surface area contributed by atoms with Crippen molar-refractivity contribution in [2.24, 2.45) is 0 Å². The van der Waals surface area contributed by atoms with Crippen molar-refractivity contribution in [3.05, 3.63) is 37.1 Å². The number of hydrogen-bond donors (Lipinski definition) is 2. The van der Waals surface area contributed by atoms with Crippen LogP contribution in [0.1, 0.15) is 6.42 Å². The molecule has 4 aromatic heterocycles. The van der Waals surface area contributed by atoms with Gasteiger partial charge in [-0.3, -0.25) is 9.30 Å². The van der Waals surface area contributed by atoms with Gasteiger partial charge in [0, 0.05) is 48.7 Å². The van der Waals surface area contributed by atoms with Gasteiger partial charge in [-0.15, -0.1) is 5.10 Å². The number of hydrogen-bond acceptors (Lipinski definition) is 8. The number of ether oxygens (including phenoxy) is 1. The molecular formula is C18H20N8O2. The van der Waals surface area contributed by atoms with Gasteiger partial charge >= 0.3 is 0 Å². The standard InChI is InChI=1S/C18H20N8O2/c1-24-6-4-13(16(24)27)21-17-22-15(28-2)14-12(3-7-26(14)23-17)11-9-20-18-19-5-8-25(18)10-11/h3,5,7-10,13,16,27H,4,6H2,1-2H3,(H,21,23)/t13-,16?/m1/s1. The minimum Gasteiger partial charge on any atom is -0.479 e. The van der Waals surface area contributed by atoms with Crippen LogP contribution in [0.15, 0.2) is 37.1 Å². The predicted molar refractivity (Wildman–Crippen MR) is 102 cm³/mol. The van der Waals surface area contributed by atoms with E-state index in [-0.39, 0.29) is 6.04 Å². The molecule has 0 saturated carbocycles. The Bertz CT molecular complexity index is 1150. The maximum Gasteiger partial charge on any atom is 0.244 e. The zero-order chi connectivity index (χ0) is 19.3. The molecule has 10 nitrogen and oxygen atoms in total. The zero-order valence-corrected chi connectivity index (χ0v) is 15.5. The molecule has 144 valence electrons. The summed E-state index contributed by atoms with van der Waals surface area (Å²) in [5.41, 5.74) is 2.56. The van der Waals surface area contributed by atoms with Gasteiger partial charge in [0.05, 0.1) is 13.2 Å². The van der Waals surface area contributed by atoms with Crippen molar-refractivity contribution in [1.29, 1.82) is 0 Å². The average Bonchev–Trinajstić information content (AvgIpc) is 3.42. The largest absolute Gasteiger partial charge is 0.479 e. The molecule has 2 N–H and O–H groups in total. The van der Waals surface area contributed by atoms with Crippen LogP contribution in [0.5, 0.6) is 5.88 Å². The van der Waals surface area contributed by atoms with Crippen LogP contribution in [0.4, 0.5) is 5.95 Å². The van der Waals surface area contributed by atoms with Crippen molar-refractivity contribution in [3.8, 4) is 17.0 Å². The summed E-state index contributed by atoms with van der Waals surface area (Å²) in [6, 6.07) is 1.82. The van der Waals surface area contributed by atoms with Gasteiger partial charge in [-0.1, -0.05) is 0 Å². The molecule has 5 rings (SSSR count). The number of nitrogens with one attached hydrogen (secondary N) is 1. The summed E-state index contributed by atoms with van der Waals surface area (Å²) in [7, 11) is 3.47. The number of likely N-dealkylation sites (N-methyl/N-ethyl adjacent to an activating group) is 1. The number of aliphatic hydroxyl groups excluding tert-OH is 1. The van der Waals surface area contributed by atoms with Crippen LogP contribution in [-0.4, -0.2) is 71.9 Å². The Kier molecular flexibility index (Phi) is 3.88. The Morgan fingerprint density at radius 3 is 2.96 bits per heavy atom. The second kappa shape index (κ2) is 6.43. The van der Waals surface area contributed by atoms with E-state index < -0.39 is 6.23 Å². The number of imidazole rings is 1. The third-order valence-electron chi connectivity index (χ3n) is 5.15. The smallest absolute Gasteiger partial charge is 0.244 e. The fourth-order valence-electron chi connectivity index (χ4n) is 3.63. The lowest BCUT2D eigenvalue weighted by Gasteiger charge is -2.20. The molecule has 1 saturated heterocycles. The highest BCUT2D eigenvalue weighted by molar-refractivity contribution is 5.84. The van der Waals surface area contributed by atoms with Gasteiger partial charge in [-0.25, -0.2) is 14.5 Å². The monoisotopic (exact) mass is 380 g/mol. The summed E-state index contributed by atoms with van der Waals surface area (Å²) >= 11 is 0. The normalized spacial score (nSPS) is 20.2. The van der Waals surface area contributed by atoms with E-state index in [0.717, 1.165) is 29.6 Å². The number of aromatic nitrogens is 6. The summed E-state index contributed by atoms with van der Waals surface area (Å²) in [4.78, 5) is 15.0. The van der Waals surface area contributed by atoms with Crippen molar-refractivity contribution >= 4 is 17.2 Å². The molecule has 28 heavy (non-hydrogen) atoms. The summed E-state index contributed by atoms with van der Waals surface area (Å²) in [6.45, 7) is 0.815. The summed E-state index contributed by atoms with van der Waals surface area (Å²) in [5.74, 6) is 1.50. The second-order valence-corrected chi connectivity index (χ2v) is 6.88. The Hall–Kier alpha value is -3.24. The lowest BCUT2D eigenvalue weighted by molar-refractivity contribution is 0.0501. The van der Waals surface area contributed by atoms with E-state index in [1.54, 1.807) is 24.0 Å². The molecule has 10 heteroatoms. The molecule has 5 heterocycles. The highest BCUT2D eigenvalue weighted by Crippen LogP contribution is 2.31. The third kappa shape index (κ3) is 2.65. The van der Waals surface area contributed by atoms with Crippen molar-refractivity contribution < 1.29 is 9.84 Å². The lowest BCUT2D eigenvalue weighted by Crippen LogP contribution is -2.36. The van der Waals surface area contributed by atoms with E-state index in [1.165, 1.54) is 0 Å². The molecule has 1 unspecified atom stereocenters. The van der Waals surface area contributed by atoms with E-state index in [4.69, 9.17) is 4.74 Å². The average molecular weight is 380 g/mol. The minimum atomic E-state index is -0.571.